The number of piperidine rings is 1. The van der Waals surface area contributed by atoms with E-state index in [2.05, 4.69) is 15.9 Å². The van der Waals surface area contributed by atoms with Gasteiger partial charge in [-0.3, -0.25) is 4.79 Å². The number of benzene rings is 1. The summed E-state index contributed by atoms with van der Waals surface area (Å²) in [5.41, 5.74) is -0.751. The molecule has 2 rings (SSSR count). The first-order valence-electron chi connectivity index (χ1n) is 6.85. The average Bonchev–Trinajstić information content (AvgIpc) is 2.37. The highest BCUT2D eigenvalue weighted by molar-refractivity contribution is 9.10. The number of amides is 1. The molecule has 1 unspecified atom stereocenters. The predicted octanol–water partition coefficient (Wildman–Crippen LogP) is 2.59. The van der Waals surface area contributed by atoms with Gasteiger partial charge in [-0.2, -0.15) is 0 Å². The Balaban J connectivity index is 1.78. The maximum absolute atomic E-state index is 12.1. The SMILES string of the molecule is CC1(O)CCCN(C(=O)CCOc2cccc(Br)c2)C1. The Kier molecular flexibility index (Phi) is 5.05. The molecule has 0 aliphatic carbocycles. The van der Waals surface area contributed by atoms with Crippen LogP contribution in [0.2, 0.25) is 0 Å². The van der Waals surface area contributed by atoms with Crippen molar-refractivity contribution >= 4 is 21.8 Å². The van der Waals surface area contributed by atoms with Gasteiger partial charge in [-0.25, -0.2) is 0 Å². The normalized spacial score (nSPS) is 22.6. The van der Waals surface area contributed by atoms with E-state index in [1.807, 2.05) is 24.3 Å². The van der Waals surface area contributed by atoms with Gasteiger partial charge in [0, 0.05) is 17.6 Å². The average molecular weight is 342 g/mol. The summed E-state index contributed by atoms with van der Waals surface area (Å²) in [6.07, 6.45) is 1.94. The minimum absolute atomic E-state index is 0.0416. The van der Waals surface area contributed by atoms with E-state index in [0.29, 0.717) is 19.6 Å². The fraction of sp³-hybridized carbons (Fsp3) is 0.533. The lowest BCUT2D eigenvalue weighted by Gasteiger charge is -2.36. The first-order chi connectivity index (χ1) is 9.46. The topological polar surface area (TPSA) is 49.8 Å². The highest BCUT2D eigenvalue weighted by Crippen LogP contribution is 2.21. The number of rotatable bonds is 4. The second kappa shape index (κ2) is 6.59. The smallest absolute Gasteiger partial charge is 0.226 e. The van der Waals surface area contributed by atoms with Crippen LogP contribution in [0, 0.1) is 0 Å². The molecule has 1 aliphatic heterocycles. The summed E-state index contributed by atoms with van der Waals surface area (Å²) >= 11 is 3.38. The van der Waals surface area contributed by atoms with Crippen molar-refractivity contribution in [3.63, 3.8) is 0 Å². The third-order valence-electron chi connectivity index (χ3n) is 3.41. The number of ether oxygens (including phenoxy) is 1. The monoisotopic (exact) mass is 341 g/mol. The molecule has 0 saturated carbocycles. The molecule has 110 valence electrons. The molecule has 1 N–H and O–H groups in total. The number of carbonyl (C=O) groups is 1. The van der Waals surface area contributed by atoms with Gasteiger partial charge >= 0.3 is 0 Å². The van der Waals surface area contributed by atoms with Gasteiger partial charge in [-0.05, 0) is 38.0 Å². The van der Waals surface area contributed by atoms with Crippen LogP contribution in [0.4, 0.5) is 0 Å². The van der Waals surface area contributed by atoms with Crippen LogP contribution < -0.4 is 4.74 Å². The number of hydrogen-bond acceptors (Lipinski definition) is 3. The number of aliphatic hydroxyl groups is 1. The summed E-state index contributed by atoms with van der Waals surface area (Å²) < 4.78 is 6.51. The number of likely N-dealkylation sites (tertiary alicyclic amines) is 1. The van der Waals surface area contributed by atoms with Gasteiger partial charge in [0.15, 0.2) is 0 Å². The Bertz CT molecular complexity index is 476. The van der Waals surface area contributed by atoms with Gasteiger partial charge in [0.2, 0.25) is 5.91 Å². The minimum atomic E-state index is -0.751. The molecule has 0 aromatic heterocycles. The van der Waals surface area contributed by atoms with E-state index in [1.54, 1.807) is 11.8 Å². The summed E-state index contributed by atoms with van der Waals surface area (Å²) in [5.74, 6) is 0.790. The largest absolute Gasteiger partial charge is 0.493 e. The molecule has 0 radical (unpaired) electrons. The van der Waals surface area contributed by atoms with Crippen molar-refractivity contribution in [2.75, 3.05) is 19.7 Å². The standard InChI is InChI=1S/C15H20BrNO3/c1-15(19)7-3-8-17(11-15)14(18)6-9-20-13-5-2-4-12(16)10-13/h2,4-5,10,19H,3,6-9,11H2,1H3. The van der Waals surface area contributed by atoms with Crippen LogP contribution in [0.5, 0.6) is 5.75 Å². The molecule has 1 aromatic carbocycles. The highest BCUT2D eigenvalue weighted by atomic mass is 79.9. The molecule has 1 fully saturated rings. The van der Waals surface area contributed by atoms with E-state index in [-0.39, 0.29) is 5.91 Å². The zero-order valence-electron chi connectivity index (χ0n) is 11.6. The zero-order valence-corrected chi connectivity index (χ0v) is 13.2. The molecule has 1 aromatic rings. The van der Waals surface area contributed by atoms with Gasteiger partial charge in [0.1, 0.15) is 5.75 Å². The summed E-state index contributed by atoms with van der Waals surface area (Å²) in [7, 11) is 0. The van der Waals surface area contributed by atoms with Gasteiger partial charge in [0.25, 0.3) is 0 Å². The quantitative estimate of drug-likeness (QED) is 0.915. The van der Waals surface area contributed by atoms with Crippen LogP contribution in [0.1, 0.15) is 26.2 Å². The second-order valence-corrected chi connectivity index (χ2v) is 6.39. The molecule has 5 heteroatoms. The Morgan fingerprint density at radius 1 is 1.55 bits per heavy atom. The van der Waals surface area contributed by atoms with Crippen molar-refractivity contribution in [2.24, 2.45) is 0 Å². The first kappa shape index (κ1) is 15.3. The number of carbonyl (C=O) groups excluding carboxylic acids is 1. The maximum atomic E-state index is 12.1. The fourth-order valence-electron chi connectivity index (χ4n) is 2.40. The van der Waals surface area contributed by atoms with Crippen molar-refractivity contribution in [1.29, 1.82) is 0 Å². The molecule has 0 bridgehead atoms. The lowest BCUT2D eigenvalue weighted by atomic mass is 9.95. The number of halogens is 1. The van der Waals surface area contributed by atoms with Crippen LogP contribution in [0.3, 0.4) is 0 Å². The van der Waals surface area contributed by atoms with Crippen LogP contribution in [-0.2, 0) is 4.79 Å². The molecule has 0 spiro atoms. The van der Waals surface area contributed by atoms with Crippen molar-refractivity contribution in [1.82, 2.24) is 4.90 Å². The lowest BCUT2D eigenvalue weighted by Crippen LogP contribution is -2.48. The number of β-amino-alcohol motifs (C(OH)–C–C–N with tert-alkyl or cyclic N) is 1. The van der Waals surface area contributed by atoms with Crippen molar-refractivity contribution < 1.29 is 14.6 Å². The van der Waals surface area contributed by atoms with E-state index in [0.717, 1.165) is 29.6 Å². The van der Waals surface area contributed by atoms with Crippen LogP contribution >= 0.6 is 15.9 Å². The molecule has 20 heavy (non-hydrogen) atoms. The van der Waals surface area contributed by atoms with Gasteiger partial charge in [-0.1, -0.05) is 22.0 Å². The van der Waals surface area contributed by atoms with Crippen LogP contribution in [0.15, 0.2) is 28.7 Å². The second-order valence-electron chi connectivity index (χ2n) is 5.47. The molecular weight excluding hydrogens is 322 g/mol. The Morgan fingerprint density at radius 3 is 3.05 bits per heavy atom. The van der Waals surface area contributed by atoms with Crippen LogP contribution in [0.25, 0.3) is 0 Å². The van der Waals surface area contributed by atoms with E-state index in [1.165, 1.54) is 0 Å². The summed E-state index contributed by atoms with van der Waals surface area (Å²) in [5, 5.41) is 10.00. The van der Waals surface area contributed by atoms with Crippen molar-refractivity contribution in [3.05, 3.63) is 28.7 Å². The Labute approximate surface area is 127 Å². The fourth-order valence-corrected chi connectivity index (χ4v) is 2.78. The van der Waals surface area contributed by atoms with Gasteiger partial charge < -0.3 is 14.7 Å². The highest BCUT2D eigenvalue weighted by Gasteiger charge is 2.30. The molecule has 1 heterocycles. The van der Waals surface area contributed by atoms with Crippen LogP contribution in [-0.4, -0.2) is 41.2 Å². The van der Waals surface area contributed by atoms with E-state index in [9.17, 15) is 9.90 Å². The first-order valence-corrected chi connectivity index (χ1v) is 7.64. The molecule has 1 aliphatic rings. The number of hydrogen-bond donors (Lipinski definition) is 1. The van der Waals surface area contributed by atoms with Crippen molar-refractivity contribution in [2.45, 2.75) is 31.8 Å². The Hall–Kier alpha value is -1.07. The van der Waals surface area contributed by atoms with Crippen molar-refractivity contribution in [3.8, 4) is 5.75 Å². The summed E-state index contributed by atoms with van der Waals surface area (Å²) in [6, 6.07) is 7.55. The molecule has 1 saturated heterocycles. The summed E-state index contributed by atoms with van der Waals surface area (Å²) in [6.45, 7) is 3.28. The third kappa shape index (κ3) is 4.49. The van der Waals surface area contributed by atoms with E-state index < -0.39 is 5.60 Å². The predicted molar refractivity (Wildman–Crippen MR) is 80.7 cm³/mol. The molecule has 4 nitrogen and oxygen atoms in total. The maximum Gasteiger partial charge on any atom is 0.226 e. The Morgan fingerprint density at radius 2 is 2.35 bits per heavy atom. The molecule has 1 amide bonds. The zero-order chi connectivity index (χ0) is 14.6. The third-order valence-corrected chi connectivity index (χ3v) is 3.90. The van der Waals surface area contributed by atoms with Gasteiger partial charge in [0.05, 0.1) is 18.6 Å². The van der Waals surface area contributed by atoms with E-state index >= 15 is 0 Å². The number of nitrogens with zero attached hydrogens (tertiary/aromatic N) is 1. The lowest BCUT2D eigenvalue weighted by molar-refractivity contribution is -0.138. The van der Waals surface area contributed by atoms with Gasteiger partial charge in [-0.15, -0.1) is 0 Å². The minimum Gasteiger partial charge on any atom is -0.493 e. The summed E-state index contributed by atoms with van der Waals surface area (Å²) in [4.78, 5) is 13.8. The van der Waals surface area contributed by atoms with E-state index in [4.69, 9.17) is 4.74 Å². The molecular formula is C15H20BrNO3. The molecule has 1 atom stereocenters.